The van der Waals surface area contributed by atoms with Crippen LogP contribution >= 0.6 is 0 Å². The number of hydrogen-bond donors (Lipinski definition) is 1. The van der Waals surface area contributed by atoms with E-state index in [0.29, 0.717) is 35.4 Å². The minimum absolute atomic E-state index is 0.0792. The molecule has 8 aliphatic rings. The number of carbonyl (C=O) groups is 1. The first-order valence-electron chi connectivity index (χ1n) is 13.2. The van der Waals surface area contributed by atoms with Gasteiger partial charge in [-0.15, -0.1) is 0 Å². The number of likely N-dealkylation sites (tertiary alicyclic amines) is 1. The van der Waals surface area contributed by atoms with Crippen molar-refractivity contribution in [3.8, 4) is 6.07 Å². The Hall–Kier alpha value is -1.12. The van der Waals surface area contributed by atoms with Gasteiger partial charge in [-0.1, -0.05) is 0 Å². The molecule has 8 rings (SSSR count). The standard InChI is InChI=1S/C26H38N4O/c27-13-22-6-18-9-23(18)30(22)25(31)24(28)19-7-20-1-2-21(8-19)29(20)14-26-10-15-3-16(11-26)5-17(4-15)12-26/h15-24H,1-12,14,28H2/t15?,16?,17?,18-,19?,20?,21?,22+,23+,24+,26?/m1/s1. The molecule has 6 bridgehead atoms. The van der Waals surface area contributed by atoms with Crippen molar-refractivity contribution in [2.24, 2.45) is 40.7 Å². The first kappa shape index (κ1) is 19.4. The van der Waals surface area contributed by atoms with E-state index in [-0.39, 0.29) is 11.9 Å². The van der Waals surface area contributed by atoms with Crippen LogP contribution in [0.3, 0.4) is 0 Å². The molecule has 0 aromatic rings. The summed E-state index contributed by atoms with van der Waals surface area (Å²) in [5.74, 6) is 4.01. The molecule has 2 unspecified atom stereocenters. The van der Waals surface area contributed by atoms with Gasteiger partial charge in [0.05, 0.1) is 12.1 Å². The van der Waals surface area contributed by atoms with Crippen molar-refractivity contribution in [1.29, 1.82) is 5.26 Å². The summed E-state index contributed by atoms with van der Waals surface area (Å²) in [5.41, 5.74) is 7.24. The second kappa shape index (κ2) is 6.70. The van der Waals surface area contributed by atoms with Crippen LogP contribution in [-0.2, 0) is 4.79 Å². The normalized spacial score (nSPS) is 52.8. The number of nitrogens with zero attached hydrogens (tertiary/aromatic N) is 3. The number of carbonyl (C=O) groups excluding carboxylic acids is 1. The van der Waals surface area contributed by atoms with Gasteiger partial charge in [0.2, 0.25) is 5.91 Å². The third-order valence-corrected chi connectivity index (χ3v) is 10.9. The van der Waals surface area contributed by atoms with E-state index in [1.165, 1.54) is 57.9 Å². The number of nitriles is 1. The van der Waals surface area contributed by atoms with E-state index in [9.17, 15) is 10.1 Å². The molecule has 2 N–H and O–H groups in total. The highest BCUT2D eigenvalue weighted by Crippen LogP contribution is 2.61. The van der Waals surface area contributed by atoms with Gasteiger partial charge in [0, 0.05) is 24.7 Å². The summed E-state index contributed by atoms with van der Waals surface area (Å²) in [7, 11) is 0. The molecule has 5 aliphatic carbocycles. The molecule has 5 saturated carbocycles. The van der Waals surface area contributed by atoms with Crippen LogP contribution in [0.5, 0.6) is 0 Å². The average molecular weight is 423 g/mol. The molecular weight excluding hydrogens is 384 g/mol. The molecule has 0 spiro atoms. The SMILES string of the molecule is N#C[C@@H]1C[C@@H]2C[C@@H]2N1C(=O)[C@@H](N)C1CC2CCC(C1)N2CC12CC3CC(CC(C3)C1)C2. The predicted molar refractivity (Wildman–Crippen MR) is 118 cm³/mol. The molecule has 1 amide bonds. The van der Waals surface area contributed by atoms with Crippen LogP contribution in [0.4, 0.5) is 0 Å². The number of hydrogen-bond acceptors (Lipinski definition) is 4. The number of piperidine rings is 2. The Morgan fingerprint density at radius 2 is 1.58 bits per heavy atom. The van der Waals surface area contributed by atoms with Crippen LogP contribution in [0.1, 0.15) is 77.0 Å². The highest BCUT2D eigenvalue weighted by Gasteiger charge is 2.57. The van der Waals surface area contributed by atoms with E-state index in [1.807, 2.05) is 4.90 Å². The molecule has 3 saturated heterocycles. The Balaban J connectivity index is 1.04. The molecule has 3 aliphatic heterocycles. The van der Waals surface area contributed by atoms with Crippen molar-refractivity contribution >= 4 is 5.91 Å². The van der Waals surface area contributed by atoms with Crippen LogP contribution in [0.25, 0.3) is 0 Å². The lowest BCUT2D eigenvalue weighted by Crippen LogP contribution is -2.57. The zero-order valence-corrected chi connectivity index (χ0v) is 18.8. The first-order valence-corrected chi connectivity index (χ1v) is 13.2. The van der Waals surface area contributed by atoms with Gasteiger partial charge >= 0.3 is 0 Å². The van der Waals surface area contributed by atoms with E-state index in [4.69, 9.17) is 5.73 Å². The molecule has 6 atom stereocenters. The molecule has 168 valence electrons. The summed E-state index contributed by atoms with van der Waals surface area (Å²) < 4.78 is 0. The molecule has 0 aromatic carbocycles. The van der Waals surface area contributed by atoms with E-state index in [2.05, 4.69) is 11.0 Å². The van der Waals surface area contributed by atoms with Gasteiger partial charge in [-0.05, 0) is 112 Å². The maximum Gasteiger partial charge on any atom is 0.241 e. The largest absolute Gasteiger partial charge is 0.322 e. The number of nitrogens with two attached hydrogens (primary N) is 1. The van der Waals surface area contributed by atoms with Gasteiger partial charge in [0.1, 0.15) is 6.04 Å². The van der Waals surface area contributed by atoms with Crippen LogP contribution < -0.4 is 5.73 Å². The fraction of sp³-hybridized carbons (Fsp3) is 0.923. The Morgan fingerprint density at radius 3 is 2.16 bits per heavy atom. The molecule has 0 aromatic heterocycles. The Morgan fingerprint density at radius 1 is 0.968 bits per heavy atom. The van der Waals surface area contributed by atoms with Crippen LogP contribution in [0.2, 0.25) is 0 Å². The van der Waals surface area contributed by atoms with Gasteiger partial charge in [-0.25, -0.2) is 0 Å². The zero-order chi connectivity index (χ0) is 20.9. The Labute approximate surface area is 186 Å². The molecule has 3 heterocycles. The lowest BCUT2D eigenvalue weighted by atomic mass is 9.49. The van der Waals surface area contributed by atoms with E-state index in [0.717, 1.165) is 43.4 Å². The first-order chi connectivity index (χ1) is 15.0. The van der Waals surface area contributed by atoms with Crippen molar-refractivity contribution in [3.63, 3.8) is 0 Å². The highest BCUT2D eigenvalue weighted by molar-refractivity contribution is 5.84. The third kappa shape index (κ3) is 2.97. The summed E-state index contributed by atoms with van der Waals surface area (Å²) in [6, 6.07) is 3.32. The lowest BCUT2D eigenvalue weighted by molar-refractivity contribution is -0.136. The minimum atomic E-state index is -0.403. The van der Waals surface area contributed by atoms with Gasteiger partial charge < -0.3 is 10.6 Å². The van der Waals surface area contributed by atoms with Crippen molar-refractivity contribution in [1.82, 2.24) is 9.80 Å². The summed E-state index contributed by atoms with van der Waals surface area (Å²) >= 11 is 0. The van der Waals surface area contributed by atoms with Gasteiger partial charge in [0.25, 0.3) is 0 Å². The summed E-state index contributed by atoms with van der Waals surface area (Å²) in [6.07, 6.45) is 15.8. The van der Waals surface area contributed by atoms with Crippen molar-refractivity contribution < 1.29 is 4.79 Å². The molecule has 5 heteroatoms. The zero-order valence-electron chi connectivity index (χ0n) is 18.8. The predicted octanol–water partition coefficient (Wildman–Crippen LogP) is 3.29. The third-order valence-electron chi connectivity index (χ3n) is 10.9. The van der Waals surface area contributed by atoms with Crippen LogP contribution in [0, 0.1) is 46.3 Å². The fourth-order valence-electron chi connectivity index (χ4n) is 10.0. The van der Waals surface area contributed by atoms with Gasteiger partial charge in [0.15, 0.2) is 0 Å². The van der Waals surface area contributed by atoms with E-state index in [1.54, 1.807) is 0 Å². The summed E-state index contributed by atoms with van der Waals surface area (Å²) in [5, 5.41) is 9.50. The van der Waals surface area contributed by atoms with Crippen LogP contribution in [-0.4, -0.2) is 52.5 Å². The second-order valence-electron chi connectivity index (χ2n) is 12.9. The summed E-state index contributed by atoms with van der Waals surface area (Å²) in [4.78, 5) is 18.1. The summed E-state index contributed by atoms with van der Waals surface area (Å²) in [6.45, 7) is 1.33. The lowest BCUT2D eigenvalue weighted by Gasteiger charge is -2.59. The molecule has 0 radical (unpaired) electrons. The quantitative estimate of drug-likeness (QED) is 0.754. The smallest absolute Gasteiger partial charge is 0.241 e. The Kier molecular flexibility index (Phi) is 4.18. The van der Waals surface area contributed by atoms with Crippen molar-refractivity contribution in [2.45, 2.75) is 107 Å². The molecular formula is C26H38N4O. The topological polar surface area (TPSA) is 73.4 Å². The second-order valence-corrected chi connectivity index (χ2v) is 12.9. The maximum absolute atomic E-state index is 13.3. The van der Waals surface area contributed by atoms with Crippen molar-refractivity contribution in [3.05, 3.63) is 0 Å². The van der Waals surface area contributed by atoms with E-state index >= 15 is 0 Å². The minimum Gasteiger partial charge on any atom is -0.322 e. The number of rotatable bonds is 4. The van der Waals surface area contributed by atoms with Crippen LogP contribution in [0.15, 0.2) is 0 Å². The number of amides is 1. The monoisotopic (exact) mass is 422 g/mol. The fourth-order valence-corrected chi connectivity index (χ4v) is 10.0. The molecule has 5 nitrogen and oxygen atoms in total. The van der Waals surface area contributed by atoms with Gasteiger partial charge in [-0.2, -0.15) is 5.26 Å². The Bertz CT molecular complexity index is 769. The number of fused-ring (bicyclic) bond motifs is 3. The van der Waals surface area contributed by atoms with Crippen molar-refractivity contribution in [2.75, 3.05) is 6.54 Å². The van der Waals surface area contributed by atoms with Gasteiger partial charge in [-0.3, -0.25) is 9.69 Å². The maximum atomic E-state index is 13.3. The highest BCUT2D eigenvalue weighted by atomic mass is 16.2. The van der Waals surface area contributed by atoms with E-state index < -0.39 is 6.04 Å². The molecule has 31 heavy (non-hydrogen) atoms. The molecule has 8 fully saturated rings. The average Bonchev–Trinajstić information content (AvgIpc) is 3.35.